The molecule has 0 radical (unpaired) electrons. The van der Waals surface area contributed by atoms with E-state index in [2.05, 4.69) is 25.6 Å². The van der Waals surface area contributed by atoms with Crippen molar-refractivity contribution >= 4 is 0 Å². The van der Waals surface area contributed by atoms with E-state index >= 15 is 0 Å². The van der Waals surface area contributed by atoms with Crippen LogP contribution in [0.15, 0.2) is 41.1 Å². The highest BCUT2D eigenvalue weighted by Crippen LogP contribution is 2.17. The monoisotopic (exact) mass is 256 g/mol. The second-order valence-electron chi connectivity index (χ2n) is 4.11. The smallest absolute Gasteiger partial charge is 0.244 e. The number of nitrogens with one attached hydrogen (secondary N) is 1. The zero-order valence-electron chi connectivity index (χ0n) is 10.0. The maximum Gasteiger partial charge on any atom is 0.244 e. The first-order valence-electron chi connectivity index (χ1n) is 5.82. The molecule has 2 heterocycles. The molecular formula is C12H12N6O. The average Bonchev–Trinajstić information content (AvgIpc) is 3.11. The first-order chi connectivity index (χ1) is 9.33. The number of nitrogens with zero attached hydrogens (tertiary/aromatic N) is 4. The minimum absolute atomic E-state index is 0.337. The van der Waals surface area contributed by atoms with E-state index in [1.165, 1.54) is 6.20 Å². The Morgan fingerprint density at radius 1 is 1.26 bits per heavy atom. The summed E-state index contributed by atoms with van der Waals surface area (Å²) in [5, 5.41) is 13.9. The summed E-state index contributed by atoms with van der Waals surface area (Å²) in [4.78, 5) is 4.22. The van der Waals surface area contributed by atoms with Crippen LogP contribution in [-0.2, 0) is 6.42 Å². The number of hydrogen-bond acceptors (Lipinski definition) is 6. The highest BCUT2D eigenvalue weighted by molar-refractivity contribution is 5.44. The van der Waals surface area contributed by atoms with Gasteiger partial charge in [0.05, 0.1) is 12.2 Å². The standard InChI is InChI=1S/C12H12N6O/c13-9(6-8-4-2-1-3-5-8)12-15-11(17-19-12)10-7-14-18-16-10/h1-5,7,9H,6,13H2,(H,14,16,18)/t9-/m0/s1. The third kappa shape index (κ3) is 2.50. The largest absolute Gasteiger partial charge is 0.337 e. The quantitative estimate of drug-likeness (QED) is 0.723. The van der Waals surface area contributed by atoms with Crippen LogP contribution in [0.3, 0.4) is 0 Å². The third-order valence-corrected chi connectivity index (χ3v) is 2.70. The van der Waals surface area contributed by atoms with E-state index in [1.807, 2.05) is 30.3 Å². The predicted octanol–water partition coefficient (Wildman–Crippen LogP) is 1.10. The zero-order valence-corrected chi connectivity index (χ0v) is 10.0. The van der Waals surface area contributed by atoms with Gasteiger partial charge in [0.25, 0.3) is 0 Å². The second-order valence-corrected chi connectivity index (χ2v) is 4.11. The zero-order chi connectivity index (χ0) is 13.1. The summed E-state index contributed by atoms with van der Waals surface area (Å²) in [6, 6.07) is 9.58. The van der Waals surface area contributed by atoms with Crippen LogP contribution in [0.1, 0.15) is 17.5 Å². The molecule has 2 aromatic heterocycles. The summed E-state index contributed by atoms with van der Waals surface area (Å²) in [5.41, 5.74) is 7.70. The van der Waals surface area contributed by atoms with Crippen LogP contribution in [0.2, 0.25) is 0 Å². The fraction of sp³-hybridized carbons (Fsp3) is 0.167. The lowest BCUT2D eigenvalue weighted by Crippen LogP contribution is -2.13. The lowest BCUT2D eigenvalue weighted by atomic mass is 10.1. The van der Waals surface area contributed by atoms with Gasteiger partial charge in [-0.05, 0) is 12.0 Å². The van der Waals surface area contributed by atoms with Crippen molar-refractivity contribution in [2.45, 2.75) is 12.5 Å². The molecule has 0 amide bonds. The molecule has 0 aliphatic heterocycles. The maximum absolute atomic E-state index is 6.05. The average molecular weight is 256 g/mol. The summed E-state index contributed by atoms with van der Waals surface area (Å²) in [6.07, 6.45) is 2.17. The Bertz CT molecular complexity index is 633. The molecule has 3 aromatic rings. The van der Waals surface area contributed by atoms with Crippen molar-refractivity contribution in [3.05, 3.63) is 48.0 Å². The Labute approximate surface area is 108 Å². The SMILES string of the molecule is N[C@@H](Cc1ccccc1)c1nc(-c2cn[nH]n2)no1. The molecule has 7 nitrogen and oxygen atoms in total. The summed E-state index contributed by atoms with van der Waals surface area (Å²) in [5.74, 6) is 0.772. The molecule has 0 saturated heterocycles. The number of rotatable bonds is 4. The number of benzene rings is 1. The van der Waals surface area contributed by atoms with E-state index in [4.69, 9.17) is 10.3 Å². The normalized spacial score (nSPS) is 12.5. The third-order valence-electron chi connectivity index (χ3n) is 2.70. The summed E-state index contributed by atoms with van der Waals surface area (Å²) < 4.78 is 5.15. The highest BCUT2D eigenvalue weighted by atomic mass is 16.5. The number of hydrogen-bond donors (Lipinski definition) is 2. The molecule has 3 rings (SSSR count). The fourth-order valence-corrected chi connectivity index (χ4v) is 1.75. The molecule has 19 heavy (non-hydrogen) atoms. The van der Waals surface area contributed by atoms with Crippen molar-refractivity contribution in [2.75, 3.05) is 0 Å². The summed E-state index contributed by atoms with van der Waals surface area (Å²) in [7, 11) is 0. The molecule has 0 spiro atoms. The van der Waals surface area contributed by atoms with Crippen molar-refractivity contribution in [1.82, 2.24) is 25.6 Å². The van der Waals surface area contributed by atoms with Crippen molar-refractivity contribution in [3.8, 4) is 11.5 Å². The van der Waals surface area contributed by atoms with E-state index in [0.717, 1.165) is 5.56 Å². The Morgan fingerprint density at radius 2 is 2.11 bits per heavy atom. The van der Waals surface area contributed by atoms with Gasteiger partial charge in [0.2, 0.25) is 11.7 Å². The lowest BCUT2D eigenvalue weighted by molar-refractivity contribution is 0.354. The van der Waals surface area contributed by atoms with E-state index in [9.17, 15) is 0 Å². The van der Waals surface area contributed by atoms with E-state index in [0.29, 0.717) is 23.8 Å². The highest BCUT2D eigenvalue weighted by Gasteiger charge is 2.17. The van der Waals surface area contributed by atoms with E-state index in [1.54, 1.807) is 0 Å². The number of H-pyrrole nitrogens is 1. The molecule has 7 heteroatoms. The molecule has 0 fully saturated rings. The van der Waals surface area contributed by atoms with Gasteiger partial charge in [0.15, 0.2) is 5.69 Å². The topological polar surface area (TPSA) is 107 Å². The maximum atomic E-state index is 6.05. The summed E-state index contributed by atoms with van der Waals surface area (Å²) >= 11 is 0. The van der Waals surface area contributed by atoms with Crippen LogP contribution in [-0.4, -0.2) is 25.6 Å². The van der Waals surface area contributed by atoms with Gasteiger partial charge in [-0.25, -0.2) is 0 Å². The van der Waals surface area contributed by atoms with Crippen molar-refractivity contribution < 1.29 is 4.52 Å². The molecule has 0 aliphatic carbocycles. The van der Waals surface area contributed by atoms with Gasteiger partial charge in [-0.1, -0.05) is 35.5 Å². The molecule has 0 saturated carbocycles. The van der Waals surface area contributed by atoms with Gasteiger partial charge in [0.1, 0.15) is 0 Å². The molecule has 3 N–H and O–H groups in total. The molecule has 96 valence electrons. The number of nitrogens with two attached hydrogens (primary N) is 1. The Morgan fingerprint density at radius 3 is 2.84 bits per heavy atom. The number of aromatic amines is 1. The van der Waals surface area contributed by atoms with Crippen LogP contribution in [0, 0.1) is 0 Å². The first-order valence-corrected chi connectivity index (χ1v) is 5.82. The molecular weight excluding hydrogens is 244 g/mol. The van der Waals surface area contributed by atoms with Crippen molar-refractivity contribution in [1.29, 1.82) is 0 Å². The van der Waals surface area contributed by atoms with E-state index < -0.39 is 0 Å². The number of aromatic nitrogens is 5. The van der Waals surface area contributed by atoms with Gasteiger partial charge in [-0.15, -0.1) is 0 Å². The second kappa shape index (κ2) is 4.99. The van der Waals surface area contributed by atoms with Gasteiger partial charge in [0, 0.05) is 0 Å². The van der Waals surface area contributed by atoms with Crippen LogP contribution in [0.25, 0.3) is 11.5 Å². The van der Waals surface area contributed by atoms with Crippen LogP contribution in [0.4, 0.5) is 0 Å². The van der Waals surface area contributed by atoms with Gasteiger partial charge in [-0.3, -0.25) is 0 Å². The molecule has 1 atom stereocenters. The Hall–Kier alpha value is -2.54. The molecule has 0 unspecified atom stereocenters. The van der Waals surface area contributed by atoms with Crippen LogP contribution < -0.4 is 5.73 Å². The Kier molecular flexibility index (Phi) is 3.03. The van der Waals surface area contributed by atoms with Crippen LogP contribution >= 0.6 is 0 Å². The minimum Gasteiger partial charge on any atom is -0.337 e. The first kappa shape index (κ1) is 11.5. The van der Waals surface area contributed by atoms with Crippen molar-refractivity contribution in [3.63, 3.8) is 0 Å². The molecule has 0 bridgehead atoms. The minimum atomic E-state index is -0.337. The Balaban J connectivity index is 1.76. The van der Waals surface area contributed by atoms with Gasteiger partial charge in [-0.2, -0.15) is 20.4 Å². The fourth-order valence-electron chi connectivity index (χ4n) is 1.75. The van der Waals surface area contributed by atoms with Crippen molar-refractivity contribution in [2.24, 2.45) is 5.73 Å². The van der Waals surface area contributed by atoms with E-state index in [-0.39, 0.29) is 6.04 Å². The molecule has 1 aromatic carbocycles. The van der Waals surface area contributed by atoms with Gasteiger partial charge >= 0.3 is 0 Å². The summed E-state index contributed by atoms with van der Waals surface area (Å²) in [6.45, 7) is 0. The predicted molar refractivity (Wildman–Crippen MR) is 66.7 cm³/mol. The lowest BCUT2D eigenvalue weighted by Gasteiger charge is -2.05. The van der Waals surface area contributed by atoms with Gasteiger partial charge < -0.3 is 10.3 Å². The molecule has 0 aliphatic rings. The van der Waals surface area contributed by atoms with Crippen LogP contribution in [0.5, 0.6) is 0 Å².